The predicted molar refractivity (Wildman–Crippen MR) is 86.9 cm³/mol. The molecule has 0 aromatic heterocycles. The Labute approximate surface area is 146 Å². The Hall–Kier alpha value is -3.61. The van der Waals surface area contributed by atoms with Crippen LogP contribution in [-0.2, 0) is 10.2 Å². The van der Waals surface area contributed by atoms with Crippen LogP contribution in [0.15, 0.2) is 41.1 Å². The number of anilines is 1. The van der Waals surface area contributed by atoms with Crippen LogP contribution < -0.4 is 16.4 Å². The maximum Gasteiger partial charge on any atom is 0.311 e. The van der Waals surface area contributed by atoms with Crippen molar-refractivity contribution in [1.29, 1.82) is 5.26 Å². The number of carbonyl (C=O) groups is 1. The number of halogens is 1. The van der Waals surface area contributed by atoms with Gasteiger partial charge in [0.1, 0.15) is 23.3 Å². The lowest BCUT2D eigenvalue weighted by atomic mass is 9.70. The van der Waals surface area contributed by atoms with Gasteiger partial charge in [-0.25, -0.2) is 4.39 Å². The van der Waals surface area contributed by atoms with Crippen LogP contribution in [0.5, 0.6) is 0 Å². The number of amides is 1. The van der Waals surface area contributed by atoms with E-state index < -0.39 is 27.8 Å². The van der Waals surface area contributed by atoms with Crippen molar-refractivity contribution in [2.75, 3.05) is 18.4 Å². The van der Waals surface area contributed by atoms with Gasteiger partial charge >= 0.3 is 5.70 Å². The van der Waals surface area contributed by atoms with E-state index in [0.29, 0.717) is 19.5 Å². The largest absolute Gasteiger partial charge is 0.384 e. The zero-order valence-electron chi connectivity index (χ0n) is 13.4. The normalized spacial score (nSPS) is 24.0. The molecule has 1 amide bonds. The van der Waals surface area contributed by atoms with Crippen molar-refractivity contribution in [3.63, 3.8) is 0 Å². The standard InChI is InChI=1S/C16H13FN6O3/c17-8-2-3-11-9(6-8)16(15(24)21-11)10(7-18)13(19)22-5-1-4-20-14(22)12(16)23(25)26/h2-3,6,20H,1,4-5,19H2,(H,21,24). The summed E-state index contributed by atoms with van der Waals surface area (Å²) in [6.45, 7) is 0.816. The minimum Gasteiger partial charge on any atom is -0.384 e. The lowest BCUT2D eigenvalue weighted by Gasteiger charge is -2.40. The van der Waals surface area contributed by atoms with Crippen molar-refractivity contribution in [3.8, 4) is 6.07 Å². The van der Waals surface area contributed by atoms with Gasteiger partial charge in [-0.05, 0) is 24.6 Å². The lowest BCUT2D eigenvalue weighted by Crippen LogP contribution is -2.54. The third-order valence-electron chi connectivity index (χ3n) is 4.89. The van der Waals surface area contributed by atoms with Crippen LogP contribution in [0.4, 0.5) is 10.1 Å². The summed E-state index contributed by atoms with van der Waals surface area (Å²) in [5.41, 5.74) is 3.44. The van der Waals surface area contributed by atoms with Crippen LogP contribution in [0.3, 0.4) is 0 Å². The first-order valence-corrected chi connectivity index (χ1v) is 7.85. The molecule has 0 radical (unpaired) electrons. The lowest BCUT2D eigenvalue weighted by molar-refractivity contribution is -0.435. The summed E-state index contributed by atoms with van der Waals surface area (Å²) in [5, 5.41) is 27.2. The van der Waals surface area contributed by atoms with Gasteiger partial charge in [-0.2, -0.15) is 5.26 Å². The number of hydrogen-bond donors (Lipinski definition) is 3. The van der Waals surface area contributed by atoms with Gasteiger partial charge in [0.25, 0.3) is 5.91 Å². The molecule has 1 aromatic carbocycles. The van der Waals surface area contributed by atoms with Crippen LogP contribution in [-0.4, -0.2) is 28.8 Å². The summed E-state index contributed by atoms with van der Waals surface area (Å²) in [6, 6.07) is 5.33. The quantitative estimate of drug-likeness (QED) is 0.491. The number of hydrogen-bond acceptors (Lipinski definition) is 7. The zero-order valence-corrected chi connectivity index (χ0v) is 13.4. The fraction of sp³-hybridized carbons (Fsp3) is 0.250. The summed E-state index contributed by atoms with van der Waals surface area (Å²) in [6.07, 6.45) is 0.651. The molecule has 1 saturated heterocycles. The maximum absolute atomic E-state index is 13.9. The van der Waals surface area contributed by atoms with Gasteiger partial charge in [-0.3, -0.25) is 14.9 Å². The van der Waals surface area contributed by atoms with Crippen molar-refractivity contribution in [2.45, 2.75) is 11.8 Å². The number of nitro groups is 1. The molecular formula is C16H13FN6O3. The smallest absolute Gasteiger partial charge is 0.311 e. The van der Waals surface area contributed by atoms with Crippen molar-refractivity contribution >= 4 is 11.6 Å². The molecule has 26 heavy (non-hydrogen) atoms. The third-order valence-corrected chi connectivity index (χ3v) is 4.89. The number of rotatable bonds is 1. The summed E-state index contributed by atoms with van der Waals surface area (Å²) in [5.74, 6) is -1.47. The average Bonchev–Trinajstić information content (AvgIpc) is 2.88. The van der Waals surface area contributed by atoms with E-state index in [1.807, 2.05) is 6.07 Å². The number of nitrogens with zero attached hydrogens (tertiary/aromatic N) is 3. The monoisotopic (exact) mass is 356 g/mol. The zero-order chi connectivity index (χ0) is 18.6. The molecule has 1 aromatic rings. The number of carbonyl (C=O) groups excluding carboxylic acids is 1. The van der Waals surface area contributed by atoms with E-state index in [4.69, 9.17) is 5.73 Å². The van der Waals surface area contributed by atoms with Gasteiger partial charge < -0.3 is 21.3 Å². The Morgan fingerprint density at radius 2 is 2.23 bits per heavy atom. The molecule has 10 heteroatoms. The van der Waals surface area contributed by atoms with Crippen LogP contribution in [0.1, 0.15) is 12.0 Å². The first kappa shape index (κ1) is 15.9. The first-order valence-electron chi connectivity index (χ1n) is 7.85. The number of nitrogens with one attached hydrogen (secondary N) is 2. The molecule has 1 spiro atoms. The highest BCUT2D eigenvalue weighted by molar-refractivity contribution is 6.11. The number of benzene rings is 1. The van der Waals surface area contributed by atoms with Crippen LogP contribution in [0.2, 0.25) is 0 Å². The summed E-state index contributed by atoms with van der Waals surface area (Å²) in [7, 11) is 0. The van der Waals surface area contributed by atoms with Crippen LogP contribution in [0, 0.1) is 27.3 Å². The third kappa shape index (κ3) is 1.74. The highest BCUT2D eigenvalue weighted by Gasteiger charge is 2.64. The summed E-state index contributed by atoms with van der Waals surface area (Å²) >= 11 is 0. The second-order valence-electron chi connectivity index (χ2n) is 6.15. The summed E-state index contributed by atoms with van der Waals surface area (Å²) in [4.78, 5) is 25.7. The number of nitriles is 1. The molecule has 4 rings (SSSR count). The highest BCUT2D eigenvalue weighted by atomic mass is 19.1. The van der Waals surface area contributed by atoms with Crippen molar-refractivity contribution < 1.29 is 14.1 Å². The van der Waals surface area contributed by atoms with Gasteiger partial charge in [0, 0.05) is 24.3 Å². The molecule has 0 aliphatic carbocycles. The Balaban J connectivity index is 2.14. The molecule has 3 aliphatic rings. The minimum absolute atomic E-state index is 0.00761. The molecule has 1 fully saturated rings. The van der Waals surface area contributed by atoms with E-state index in [1.165, 1.54) is 11.0 Å². The predicted octanol–water partition coefficient (Wildman–Crippen LogP) is 0.464. The second kappa shape index (κ2) is 5.19. The topological polar surface area (TPSA) is 137 Å². The van der Waals surface area contributed by atoms with Crippen LogP contribution >= 0.6 is 0 Å². The second-order valence-corrected chi connectivity index (χ2v) is 6.15. The molecule has 9 nitrogen and oxygen atoms in total. The fourth-order valence-electron chi connectivity index (χ4n) is 3.85. The van der Waals surface area contributed by atoms with E-state index in [2.05, 4.69) is 10.6 Å². The first-order chi connectivity index (χ1) is 12.4. The molecule has 3 heterocycles. The SMILES string of the molecule is N#CC1=C(N)N2CCCNC2=C([N+](=O)[O-])C12C(=O)Nc1ccc(F)cc12. The van der Waals surface area contributed by atoms with Gasteiger partial charge in [0.2, 0.25) is 5.41 Å². The fourth-order valence-corrected chi connectivity index (χ4v) is 3.85. The summed E-state index contributed by atoms with van der Waals surface area (Å²) < 4.78 is 13.9. The molecule has 132 valence electrons. The van der Waals surface area contributed by atoms with Gasteiger partial charge in [0.15, 0.2) is 5.82 Å². The van der Waals surface area contributed by atoms with E-state index in [0.717, 1.165) is 12.1 Å². The highest BCUT2D eigenvalue weighted by Crippen LogP contribution is 2.52. The average molecular weight is 356 g/mol. The Morgan fingerprint density at radius 3 is 2.92 bits per heavy atom. The molecule has 0 bridgehead atoms. The maximum atomic E-state index is 13.9. The van der Waals surface area contributed by atoms with Gasteiger partial charge in [-0.15, -0.1) is 0 Å². The van der Waals surface area contributed by atoms with Gasteiger partial charge in [0.05, 0.1) is 4.92 Å². The minimum atomic E-state index is -2.10. The molecular weight excluding hydrogens is 343 g/mol. The van der Waals surface area contributed by atoms with Gasteiger partial charge in [-0.1, -0.05) is 0 Å². The molecule has 3 aliphatic heterocycles. The van der Waals surface area contributed by atoms with E-state index in [1.54, 1.807) is 0 Å². The molecule has 0 saturated carbocycles. The number of nitrogens with two attached hydrogens (primary N) is 1. The van der Waals surface area contributed by atoms with Crippen molar-refractivity contribution in [1.82, 2.24) is 10.2 Å². The Morgan fingerprint density at radius 1 is 1.46 bits per heavy atom. The van der Waals surface area contributed by atoms with E-state index in [9.17, 15) is 24.6 Å². The molecule has 4 N–H and O–H groups in total. The number of fused-ring (bicyclic) bond motifs is 3. The molecule has 1 atom stereocenters. The molecule has 1 unspecified atom stereocenters. The van der Waals surface area contributed by atoms with Crippen molar-refractivity contribution in [2.24, 2.45) is 5.73 Å². The van der Waals surface area contributed by atoms with Crippen molar-refractivity contribution in [3.05, 3.63) is 62.6 Å². The Kier molecular flexibility index (Phi) is 3.17. The van der Waals surface area contributed by atoms with E-state index in [-0.39, 0.29) is 28.5 Å². The van der Waals surface area contributed by atoms with Crippen LogP contribution in [0.25, 0.3) is 0 Å². The van der Waals surface area contributed by atoms with E-state index >= 15 is 0 Å². The Bertz CT molecular complexity index is 979.